The molecule has 1 amide bonds. The van der Waals surface area contributed by atoms with Gasteiger partial charge in [-0.1, -0.05) is 11.6 Å². The molecule has 0 radical (unpaired) electrons. The lowest BCUT2D eigenvalue weighted by molar-refractivity contribution is -0.384. The SMILES string of the molecule is COc1cncc(OC2CCCN(C(=O)c3cc([N+](=O)[O-])ccc3Cl)C2)n1. The molecule has 142 valence electrons. The van der Waals surface area contributed by atoms with E-state index < -0.39 is 4.92 Å². The molecule has 9 nitrogen and oxygen atoms in total. The number of amides is 1. The molecule has 3 rings (SSSR count). The maximum absolute atomic E-state index is 12.8. The van der Waals surface area contributed by atoms with Crippen molar-refractivity contribution >= 4 is 23.2 Å². The molecule has 0 N–H and O–H groups in total. The number of ether oxygens (including phenoxy) is 2. The number of carbonyl (C=O) groups excluding carboxylic acids is 1. The first-order valence-corrected chi connectivity index (χ1v) is 8.61. The third-order valence-electron chi connectivity index (χ3n) is 4.14. The third kappa shape index (κ3) is 4.43. The summed E-state index contributed by atoms with van der Waals surface area (Å²) in [5.41, 5.74) is -0.0769. The summed E-state index contributed by atoms with van der Waals surface area (Å²) in [4.78, 5) is 32.9. The van der Waals surface area contributed by atoms with E-state index in [-0.39, 0.29) is 28.3 Å². The molecule has 1 aromatic carbocycles. The van der Waals surface area contributed by atoms with E-state index in [0.29, 0.717) is 24.8 Å². The van der Waals surface area contributed by atoms with Gasteiger partial charge in [-0.3, -0.25) is 19.9 Å². The normalized spacial score (nSPS) is 16.7. The number of methoxy groups -OCH3 is 1. The smallest absolute Gasteiger partial charge is 0.270 e. The molecular weight excluding hydrogens is 376 g/mol. The van der Waals surface area contributed by atoms with Gasteiger partial charge in [0.25, 0.3) is 11.6 Å². The summed E-state index contributed by atoms with van der Waals surface area (Å²) in [5, 5.41) is 11.1. The van der Waals surface area contributed by atoms with Crippen LogP contribution in [0.1, 0.15) is 23.2 Å². The molecule has 0 saturated carbocycles. The lowest BCUT2D eigenvalue weighted by Crippen LogP contribution is -2.44. The molecule has 1 saturated heterocycles. The first kappa shape index (κ1) is 18.8. The first-order valence-electron chi connectivity index (χ1n) is 8.24. The third-order valence-corrected chi connectivity index (χ3v) is 4.47. The van der Waals surface area contributed by atoms with Gasteiger partial charge in [0.05, 0.1) is 41.6 Å². The van der Waals surface area contributed by atoms with Crippen molar-refractivity contribution in [3.8, 4) is 11.8 Å². The fourth-order valence-electron chi connectivity index (χ4n) is 2.84. The van der Waals surface area contributed by atoms with Gasteiger partial charge in [-0.15, -0.1) is 0 Å². The van der Waals surface area contributed by atoms with Crippen LogP contribution in [0.3, 0.4) is 0 Å². The van der Waals surface area contributed by atoms with Crippen molar-refractivity contribution in [3.63, 3.8) is 0 Å². The van der Waals surface area contributed by atoms with E-state index in [4.69, 9.17) is 21.1 Å². The number of nitro groups is 1. The summed E-state index contributed by atoms with van der Waals surface area (Å²) in [7, 11) is 1.48. The Morgan fingerprint density at radius 2 is 2.15 bits per heavy atom. The Balaban J connectivity index is 1.73. The van der Waals surface area contributed by atoms with E-state index >= 15 is 0 Å². The summed E-state index contributed by atoms with van der Waals surface area (Å²) >= 11 is 6.08. The Kier molecular flexibility index (Phi) is 5.70. The van der Waals surface area contributed by atoms with Gasteiger partial charge in [-0.25, -0.2) is 0 Å². The molecule has 0 spiro atoms. The predicted molar refractivity (Wildman–Crippen MR) is 96.2 cm³/mol. The minimum Gasteiger partial charge on any atom is -0.480 e. The Labute approximate surface area is 160 Å². The predicted octanol–water partition coefficient (Wildman–Crippen LogP) is 2.73. The van der Waals surface area contributed by atoms with Gasteiger partial charge in [0, 0.05) is 18.7 Å². The quantitative estimate of drug-likeness (QED) is 0.568. The van der Waals surface area contributed by atoms with Crippen molar-refractivity contribution in [2.75, 3.05) is 20.2 Å². The van der Waals surface area contributed by atoms with E-state index in [2.05, 4.69) is 9.97 Å². The number of halogens is 1. The van der Waals surface area contributed by atoms with Crippen LogP contribution in [0, 0.1) is 10.1 Å². The minimum atomic E-state index is -0.559. The molecule has 1 unspecified atom stereocenters. The molecule has 10 heteroatoms. The van der Waals surface area contributed by atoms with Gasteiger partial charge in [-0.2, -0.15) is 4.98 Å². The highest BCUT2D eigenvalue weighted by Gasteiger charge is 2.28. The second-order valence-corrected chi connectivity index (χ2v) is 6.36. The standard InChI is InChI=1S/C17H17ClN4O5/c1-26-15-8-19-9-16(20-15)27-12-3-2-6-21(10-12)17(23)13-7-11(22(24)25)4-5-14(13)18/h4-5,7-9,12H,2-3,6,10H2,1H3. The minimum absolute atomic E-state index is 0.104. The number of piperidine rings is 1. The van der Waals surface area contributed by atoms with Gasteiger partial charge < -0.3 is 14.4 Å². The van der Waals surface area contributed by atoms with Crippen LogP contribution in [0.2, 0.25) is 5.02 Å². The molecule has 0 bridgehead atoms. The highest BCUT2D eigenvalue weighted by atomic mass is 35.5. The van der Waals surface area contributed by atoms with Gasteiger partial charge in [0.1, 0.15) is 6.10 Å². The van der Waals surface area contributed by atoms with Crippen LogP contribution < -0.4 is 9.47 Å². The molecule has 27 heavy (non-hydrogen) atoms. The first-order chi connectivity index (χ1) is 13.0. The Hall–Kier alpha value is -2.94. The number of benzene rings is 1. The Morgan fingerprint density at radius 3 is 2.89 bits per heavy atom. The summed E-state index contributed by atoms with van der Waals surface area (Å²) in [6.07, 6.45) is 4.13. The van der Waals surface area contributed by atoms with Crippen LogP contribution in [0.5, 0.6) is 11.8 Å². The zero-order valence-electron chi connectivity index (χ0n) is 14.5. The van der Waals surface area contributed by atoms with Crippen molar-refractivity contribution in [2.45, 2.75) is 18.9 Å². The summed E-state index contributed by atoms with van der Waals surface area (Å²) < 4.78 is 10.8. The monoisotopic (exact) mass is 392 g/mol. The number of hydrogen-bond donors (Lipinski definition) is 0. The lowest BCUT2D eigenvalue weighted by atomic mass is 10.1. The number of hydrogen-bond acceptors (Lipinski definition) is 7. The zero-order valence-corrected chi connectivity index (χ0v) is 15.3. The fourth-order valence-corrected chi connectivity index (χ4v) is 3.04. The summed E-state index contributed by atoms with van der Waals surface area (Å²) in [6.45, 7) is 0.832. The lowest BCUT2D eigenvalue weighted by Gasteiger charge is -2.32. The maximum atomic E-state index is 12.8. The molecule has 1 aromatic heterocycles. The van der Waals surface area contributed by atoms with Crippen LogP contribution >= 0.6 is 11.6 Å². The van der Waals surface area contributed by atoms with Crippen molar-refractivity contribution in [1.82, 2.24) is 14.9 Å². The van der Waals surface area contributed by atoms with E-state index in [1.807, 2.05) is 0 Å². The molecule has 1 fully saturated rings. The van der Waals surface area contributed by atoms with Crippen molar-refractivity contribution in [3.05, 3.63) is 51.3 Å². The fraction of sp³-hybridized carbons (Fsp3) is 0.353. The number of aromatic nitrogens is 2. The van der Waals surface area contributed by atoms with Crippen LogP contribution in [0.4, 0.5) is 5.69 Å². The van der Waals surface area contributed by atoms with E-state index in [1.165, 1.54) is 37.7 Å². The van der Waals surface area contributed by atoms with Crippen LogP contribution in [0.15, 0.2) is 30.6 Å². The van der Waals surface area contributed by atoms with Gasteiger partial charge in [0.15, 0.2) is 0 Å². The molecule has 1 atom stereocenters. The number of nitrogens with zero attached hydrogens (tertiary/aromatic N) is 4. The van der Waals surface area contributed by atoms with E-state index in [9.17, 15) is 14.9 Å². The van der Waals surface area contributed by atoms with Gasteiger partial charge in [-0.05, 0) is 18.9 Å². The van der Waals surface area contributed by atoms with Crippen LogP contribution in [-0.2, 0) is 0 Å². The number of likely N-dealkylation sites (tertiary alicyclic amines) is 1. The molecular formula is C17H17ClN4O5. The highest BCUT2D eigenvalue weighted by molar-refractivity contribution is 6.33. The average Bonchev–Trinajstić information content (AvgIpc) is 2.68. The van der Waals surface area contributed by atoms with E-state index in [0.717, 1.165) is 12.8 Å². The number of rotatable bonds is 5. The number of nitro benzene ring substituents is 1. The number of carbonyl (C=O) groups is 1. The average molecular weight is 393 g/mol. The van der Waals surface area contributed by atoms with Crippen molar-refractivity contribution in [1.29, 1.82) is 0 Å². The van der Waals surface area contributed by atoms with Gasteiger partial charge >= 0.3 is 0 Å². The molecule has 0 aliphatic carbocycles. The van der Waals surface area contributed by atoms with Crippen LogP contribution in [0.25, 0.3) is 0 Å². The molecule has 1 aliphatic heterocycles. The maximum Gasteiger partial charge on any atom is 0.270 e. The molecule has 1 aliphatic rings. The second-order valence-electron chi connectivity index (χ2n) is 5.95. The largest absolute Gasteiger partial charge is 0.480 e. The van der Waals surface area contributed by atoms with Crippen molar-refractivity contribution in [2.24, 2.45) is 0 Å². The van der Waals surface area contributed by atoms with E-state index in [1.54, 1.807) is 4.90 Å². The van der Waals surface area contributed by atoms with Crippen molar-refractivity contribution < 1.29 is 19.2 Å². The highest BCUT2D eigenvalue weighted by Crippen LogP contribution is 2.25. The zero-order chi connectivity index (χ0) is 19.4. The van der Waals surface area contributed by atoms with Crippen LogP contribution in [-0.4, -0.2) is 52.0 Å². The molecule has 2 heterocycles. The Morgan fingerprint density at radius 1 is 1.37 bits per heavy atom. The molecule has 2 aromatic rings. The second kappa shape index (κ2) is 8.17. The topological polar surface area (TPSA) is 108 Å². The summed E-state index contributed by atoms with van der Waals surface area (Å²) in [5.74, 6) is 0.273. The van der Waals surface area contributed by atoms with Gasteiger partial charge in [0.2, 0.25) is 11.8 Å². The Bertz CT molecular complexity index is 863. The number of non-ortho nitro benzene ring substituents is 1. The summed E-state index contributed by atoms with van der Waals surface area (Å²) in [6, 6.07) is 3.82.